The number of rotatable bonds is 4. The largest absolute Gasteiger partial charge is 0.305 e. The van der Waals surface area contributed by atoms with Gasteiger partial charge in [0.1, 0.15) is 0 Å². The summed E-state index contributed by atoms with van der Waals surface area (Å²) in [6, 6.07) is 5.70. The number of nitrogens with zero attached hydrogens (tertiary/aromatic N) is 2. The molecule has 0 unspecified atom stereocenters. The summed E-state index contributed by atoms with van der Waals surface area (Å²) in [7, 11) is -1.33. The van der Waals surface area contributed by atoms with E-state index in [4.69, 9.17) is 0 Å². The van der Waals surface area contributed by atoms with Gasteiger partial charge in [-0.05, 0) is 45.0 Å². The Bertz CT molecular complexity index is 584. The molecule has 0 atom stereocenters. The zero-order chi connectivity index (χ0) is 15.5. The molecule has 1 fully saturated rings. The lowest BCUT2D eigenvalue weighted by Crippen LogP contribution is -2.35. The van der Waals surface area contributed by atoms with Crippen LogP contribution in [0.2, 0.25) is 0 Å². The Hall–Kier alpha value is -0.910. The van der Waals surface area contributed by atoms with Gasteiger partial charge in [-0.3, -0.25) is 0 Å². The van der Waals surface area contributed by atoms with E-state index >= 15 is 0 Å². The van der Waals surface area contributed by atoms with Crippen LogP contribution in [0.15, 0.2) is 23.1 Å². The molecule has 5 heteroatoms. The third kappa shape index (κ3) is 3.84. The minimum atomic E-state index is -3.37. The molecule has 21 heavy (non-hydrogen) atoms. The van der Waals surface area contributed by atoms with Gasteiger partial charge in [0.2, 0.25) is 10.0 Å². The molecular formula is C16H26N2O2S. The van der Waals surface area contributed by atoms with Crippen molar-refractivity contribution < 1.29 is 8.42 Å². The Balaban J connectivity index is 2.34. The van der Waals surface area contributed by atoms with Crippen LogP contribution in [0.1, 0.15) is 30.9 Å². The smallest absolute Gasteiger partial charge is 0.243 e. The maximum atomic E-state index is 13.0. The first-order chi connectivity index (χ1) is 9.95. The molecule has 2 rings (SSSR count). The normalized spacial score (nSPS) is 18.6. The van der Waals surface area contributed by atoms with E-state index in [-0.39, 0.29) is 0 Å². The highest BCUT2D eigenvalue weighted by Crippen LogP contribution is 2.23. The lowest BCUT2D eigenvalue weighted by molar-refractivity contribution is 0.347. The van der Waals surface area contributed by atoms with Crippen LogP contribution < -0.4 is 0 Å². The quantitative estimate of drug-likeness (QED) is 0.856. The average molecular weight is 310 g/mol. The molecule has 0 radical (unpaired) electrons. The number of benzene rings is 1. The number of aryl methyl sites for hydroxylation is 2. The summed E-state index contributed by atoms with van der Waals surface area (Å²) in [4.78, 5) is 2.69. The van der Waals surface area contributed by atoms with Crippen molar-refractivity contribution in [1.29, 1.82) is 0 Å². The van der Waals surface area contributed by atoms with Crippen molar-refractivity contribution in [3.8, 4) is 0 Å². The van der Waals surface area contributed by atoms with E-state index in [1.165, 1.54) is 0 Å². The monoisotopic (exact) mass is 310 g/mol. The van der Waals surface area contributed by atoms with Crippen molar-refractivity contribution in [1.82, 2.24) is 9.21 Å². The van der Waals surface area contributed by atoms with Crippen LogP contribution in [-0.2, 0) is 16.4 Å². The van der Waals surface area contributed by atoms with Gasteiger partial charge >= 0.3 is 0 Å². The Morgan fingerprint density at radius 3 is 2.62 bits per heavy atom. The van der Waals surface area contributed by atoms with Crippen LogP contribution in [0.25, 0.3) is 0 Å². The molecule has 1 aromatic rings. The topological polar surface area (TPSA) is 40.6 Å². The predicted octanol–water partition coefficient (Wildman–Crippen LogP) is 2.27. The fourth-order valence-electron chi connectivity index (χ4n) is 2.83. The molecule has 0 amide bonds. The molecule has 0 aliphatic carbocycles. The maximum absolute atomic E-state index is 13.0. The lowest BCUT2D eigenvalue weighted by atomic mass is 10.1. The lowest BCUT2D eigenvalue weighted by Gasteiger charge is -2.22. The second kappa shape index (κ2) is 6.90. The average Bonchev–Trinajstić information content (AvgIpc) is 2.64. The second-order valence-corrected chi connectivity index (χ2v) is 7.83. The molecule has 1 saturated heterocycles. The van der Waals surface area contributed by atoms with Crippen LogP contribution >= 0.6 is 0 Å². The Morgan fingerprint density at radius 2 is 1.90 bits per heavy atom. The number of hydrogen-bond acceptors (Lipinski definition) is 3. The van der Waals surface area contributed by atoms with Gasteiger partial charge in [0, 0.05) is 19.6 Å². The molecule has 4 nitrogen and oxygen atoms in total. The molecule has 1 aromatic carbocycles. The zero-order valence-electron chi connectivity index (χ0n) is 13.3. The molecule has 0 aromatic heterocycles. The van der Waals surface area contributed by atoms with Crippen LogP contribution in [0, 0.1) is 6.92 Å². The Morgan fingerprint density at radius 1 is 1.14 bits per heavy atom. The fraction of sp³-hybridized carbons (Fsp3) is 0.625. The zero-order valence-corrected chi connectivity index (χ0v) is 14.1. The van der Waals surface area contributed by atoms with Crippen LogP contribution in [0.5, 0.6) is 0 Å². The van der Waals surface area contributed by atoms with Crippen molar-refractivity contribution >= 4 is 10.0 Å². The van der Waals surface area contributed by atoms with E-state index in [0.717, 1.165) is 43.5 Å². The molecule has 1 aliphatic rings. The van der Waals surface area contributed by atoms with Crippen molar-refractivity contribution in [3.05, 3.63) is 29.3 Å². The summed E-state index contributed by atoms with van der Waals surface area (Å²) in [5.41, 5.74) is 2.07. The molecule has 1 aliphatic heterocycles. The standard InChI is InChI=1S/C16H26N2O2S/c1-4-6-15-13-14(2)7-8-16(15)21(19,20)18-10-5-9-17(3)11-12-18/h7-8,13H,4-6,9-12H2,1-3H3. The highest BCUT2D eigenvalue weighted by Gasteiger charge is 2.27. The molecular weight excluding hydrogens is 284 g/mol. The van der Waals surface area contributed by atoms with Gasteiger partial charge in [-0.1, -0.05) is 31.0 Å². The molecule has 0 bridgehead atoms. The van der Waals surface area contributed by atoms with Gasteiger partial charge in [-0.25, -0.2) is 8.42 Å². The number of likely N-dealkylation sites (N-methyl/N-ethyl adjacent to an activating group) is 1. The molecule has 118 valence electrons. The number of sulfonamides is 1. The van der Waals surface area contributed by atoms with Gasteiger partial charge in [0.25, 0.3) is 0 Å². The fourth-order valence-corrected chi connectivity index (χ4v) is 4.53. The van der Waals surface area contributed by atoms with Crippen molar-refractivity contribution in [2.24, 2.45) is 0 Å². The first-order valence-corrected chi connectivity index (χ1v) is 9.17. The Kier molecular flexibility index (Phi) is 5.41. The number of hydrogen-bond donors (Lipinski definition) is 0. The Labute approximate surface area is 128 Å². The van der Waals surface area contributed by atoms with Crippen molar-refractivity contribution in [3.63, 3.8) is 0 Å². The van der Waals surface area contributed by atoms with Gasteiger partial charge in [0.15, 0.2) is 0 Å². The molecule has 0 N–H and O–H groups in total. The summed E-state index contributed by atoms with van der Waals surface area (Å²) in [6.45, 7) is 7.05. The van der Waals surface area contributed by atoms with E-state index in [1.807, 2.05) is 26.1 Å². The van der Waals surface area contributed by atoms with Crippen LogP contribution in [0.4, 0.5) is 0 Å². The van der Waals surface area contributed by atoms with E-state index in [2.05, 4.69) is 11.8 Å². The SMILES string of the molecule is CCCc1cc(C)ccc1S(=O)(=O)N1CCCN(C)CC1. The highest BCUT2D eigenvalue weighted by atomic mass is 32.2. The van der Waals surface area contributed by atoms with Crippen LogP contribution in [0.3, 0.4) is 0 Å². The first-order valence-electron chi connectivity index (χ1n) is 7.73. The van der Waals surface area contributed by atoms with Gasteiger partial charge in [-0.2, -0.15) is 4.31 Å². The molecule has 1 heterocycles. The summed E-state index contributed by atoms with van der Waals surface area (Å²) in [5.74, 6) is 0. The van der Waals surface area contributed by atoms with Gasteiger partial charge in [-0.15, -0.1) is 0 Å². The molecule has 0 spiro atoms. The summed E-state index contributed by atoms with van der Waals surface area (Å²) < 4.78 is 27.6. The van der Waals surface area contributed by atoms with E-state index < -0.39 is 10.0 Å². The maximum Gasteiger partial charge on any atom is 0.243 e. The minimum absolute atomic E-state index is 0.500. The first kappa shape index (κ1) is 16.5. The summed E-state index contributed by atoms with van der Waals surface area (Å²) >= 11 is 0. The summed E-state index contributed by atoms with van der Waals surface area (Å²) in [5, 5.41) is 0. The van der Waals surface area contributed by atoms with E-state index in [9.17, 15) is 8.42 Å². The highest BCUT2D eigenvalue weighted by molar-refractivity contribution is 7.89. The van der Waals surface area contributed by atoms with Gasteiger partial charge in [0.05, 0.1) is 4.90 Å². The third-order valence-electron chi connectivity index (χ3n) is 4.03. The molecule has 0 saturated carbocycles. The van der Waals surface area contributed by atoms with E-state index in [0.29, 0.717) is 18.0 Å². The van der Waals surface area contributed by atoms with Gasteiger partial charge < -0.3 is 4.90 Å². The van der Waals surface area contributed by atoms with Crippen LogP contribution in [-0.4, -0.2) is 50.8 Å². The second-order valence-electron chi connectivity index (χ2n) is 5.92. The van der Waals surface area contributed by atoms with E-state index in [1.54, 1.807) is 10.4 Å². The van der Waals surface area contributed by atoms with Crippen molar-refractivity contribution in [2.75, 3.05) is 33.2 Å². The van der Waals surface area contributed by atoms with Crippen molar-refractivity contribution in [2.45, 2.75) is 38.0 Å². The predicted molar refractivity (Wildman–Crippen MR) is 86.0 cm³/mol. The third-order valence-corrected chi connectivity index (χ3v) is 6.03. The summed E-state index contributed by atoms with van der Waals surface area (Å²) in [6.07, 6.45) is 2.66. The minimum Gasteiger partial charge on any atom is -0.305 e.